The van der Waals surface area contributed by atoms with Crippen LogP contribution in [0.3, 0.4) is 0 Å². The summed E-state index contributed by atoms with van der Waals surface area (Å²) in [6.45, 7) is 4.06. The quantitative estimate of drug-likeness (QED) is 0.482. The van der Waals surface area contributed by atoms with E-state index < -0.39 is 21.5 Å². The molecule has 0 aliphatic heterocycles. The van der Waals surface area contributed by atoms with Gasteiger partial charge in [-0.25, -0.2) is 17.2 Å². The van der Waals surface area contributed by atoms with Gasteiger partial charge in [-0.1, -0.05) is 26.0 Å². The first-order valence-corrected chi connectivity index (χ1v) is 12.9. The Hall–Kier alpha value is -2.28. The highest BCUT2D eigenvalue weighted by Gasteiger charge is 2.26. The van der Waals surface area contributed by atoms with Crippen LogP contribution in [0.4, 0.5) is 8.78 Å². The molecule has 0 spiro atoms. The molecule has 0 unspecified atom stereocenters. The van der Waals surface area contributed by atoms with Crippen molar-refractivity contribution in [1.29, 1.82) is 0 Å². The predicted molar refractivity (Wildman–Crippen MR) is 120 cm³/mol. The Kier molecular flexibility index (Phi) is 7.70. The van der Waals surface area contributed by atoms with Gasteiger partial charge in [-0.3, -0.25) is 4.79 Å². The third-order valence-corrected chi connectivity index (χ3v) is 6.97. The summed E-state index contributed by atoms with van der Waals surface area (Å²) in [4.78, 5) is 12.2. The average molecular weight is 465 g/mol. The Morgan fingerprint density at radius 1 is 1.00 bits per heavy atom. The number of carbonyl (C=O) groups is 1. The van der Waals surface area contributed by atoms with Gasteiger partial charge in [0.25, 0.3) is 0 Å². The lowest BCUT2D eigenvalue weighted by molar-refractivity contribution is -0.121. The molecule has 1 fully saturated rings. The van der Waals surface area contributed by atoms with Crippen molar-refractivity contribution in [3.63, 3.8) is 0 Å². The molecule has 4 nitrogen and oxygen atoms in total. The number of halogens is 2. The minimum Gasteiger partial charge on any atom is -0.484 e. The van der Waals surface area contributed by atoms with Crippen LogP contribution >= 0.6 is 0 Å². The smallest absolute Gasteiger partial charge is 0.191 e. The van der Waals surface area contributed by atoms with E-state index in [0.717, 1.165) is 19.1 Å². The summed E-state index contributed by atoms with van der Waals surface area (Å²) >= 11 is 0. The van der Waals surface area contributed by atoms with E-state index in [1.54, 1.807) is 0 Å². The van der Waals surface area contributed by atoms with E-state index in [1.807, 2.05) is 13.8 Å². The van der Waals surface area contributed by atoms with Gasteiger partial charge in [0.1, 0.15) is 5.78 Å². The molecule has 0 heterocycles. The molecular weight excluding hydrogens is 434 g/mol. The van der Waals surface area contributed by atoms with Gasteiger partial charge < -0.3 is 4.74 Å². The lowest BCUT2D eigenvalue weighted by Crippen LogP contribution is -2.26. The molecule has 3 rings (SSSR count). The van der Waals surface area contributed by atoms with Crippen LogP contribution in [0.15, 0.2) is 41.3 Å². The van der Waals surface area contributed by atoms with Crippen molar-refractivity contribution in [2.24, 2.45) is 11.8 Å². The van der Waals surface area contributed by atoms with E-state index in [1.165, 1.54) is 36.4 Å². The zero-order valence-electron chi connectivity index (χ0n) is 18.7. The van der Waals surface area contributed by atoms with Crippen molar-refractivity contribution in [2.75, 3.05) is 6.26 Å². The van der Waals surface area contributed by atoms with Crippen molar-refractivity contribution in [3.8, 4) is 16.9 Å². The minimum absolute atomic E-state index is 0.142. The molecule has 0 bridgehead atoms. The first kappa shape index (κ1) is 24.4. The van der Waals surface area contributed by atoms with E-state index in [-0.39, 0.29) is 22.5 Å². The van der Waals surface area contributed by atoms with Crippen molar-refractivity contribution in [1.82, 2.24) is 0 Å². The number of sulfone groups is 1. The van der Waals surface area contributed by atoms with Gasteiger partial charge in [0.15, 0.2) is 27.2 Å². The third kappa shape index (κ3) is 6.37. The number of carbonyl (C=O) groups excluding carboxylic acids is 1. The number of Topliss-reactive ketones (excluding diaryl/α,β-unsaturated/α-hetero) is 1. The van der Waals surface area contributed by atoms with Crippen molar-refractivity contribution in [2.45, 2.75) is 63.4 Å². The molecule has 0 radical (unpaired) electrons. The molecule has 2 aromatic carbocycles. The van der Waals surface area contributed by atoms with Gasteiger partial charge in [0.05, 0.1) is 11.0 Å². The molecule has 7 heteroatoms. The van der Waals surface area contributed by atoms with E-state index in [4.69, 9.17) is 4.74 Å². The molecule has 174 valence electrons. The van der Waals surface area contributed by atoms with Gasteiger partial charge in [0.2, 0.25) is 0 Å². The molecule has 32 heavy (non-hydrogen) atoms. The number of hydrogen-bond donors (Lipinski definition) is 0. The fraction of sp³-hybridized carbons (Fsp3) is 0.480. The zero-order chi connectivity index (χ0) is 23.5. The van der Waals surface area contributed by atoms with Crippen LogP contribution in [0, 0.1) is 23.5 Å². The second-order valence-corrected chi connectivity index (χ2v) is 11.2. The molecule has 0 N–H and O–H groups in total. The van der Waals surface area contributed by atoms with Gasteiger partial charge >= 0.3 is 0 Å². The second kappa shape index (κ2) is 10.1. The maximum absolute atomic E-state index is 14.7. The summed E-state index contributed by atoms with van der Waals surface area (Å²) in [5, 5.41) is 0. The number of rotatable bonds is 8. The maximum atomic E-state index is 14.7. The summed E-state index contributed by atoms with van der Waals surface area (Å²) in [5.74, 6) is -1.02. The lowest BCUT2D eigenvalue weighted by Gasteiger charge is -2.29. The maximum Gasteiger partial charge on any atom is 0.191 e. The number of hydrogen-bond acceptors (Lipinski definition) is 4. The number of ether oxygens (including phenoxy) is 1. The van der Waals surface area contributed by atoms with Crippen molar-refractivity contribution in [3.05, 3.63) is 48.0 Å². The lowest BCUT2D eigenvalue weighted by atomic mass is 9.83. The van der Waals surface area contributed by atoms with Gasteiger partial charge in [-0.05, 0) is 72.9 Å². The Morgan fingerprint density at radius 2 is 1.56 bits per heavy atom. The molecule has 1 aliphatic rings. The number of benzene rings is 2. The minimum atomic E-state index is -3.34. The second-order valence-electron chi connectivity index (χ2n) is 9.17. The molecule has 0 amide bonds. The molecular formula is C25H30F2O4S. The summed E-state index contributed by atoms with van der Waals surface area (Å²) in [7, 11) is -3.34. The van der Waals surface area contributed by atoms with Crippen molar-refractivity contribution >= 4 is 15.6 Å². The highest BCUT2D eigenvalue weighted by molar-refractivity contribution is 7.90. The first-order chi connectivity index (χ1) is 15.0. The van der Waals surface area contributed by atoms with E-state index in [9.17, 15) is 22.0 Å². The summed E-state index contributed by atoms with van der Waals surface area (Å²) in [6.07, 6.45) is 4.92. The van der Waals surface area contributed by atoms with Gasteiger partial charge in [-0.15, -0.1) is 0 Å². The molecule has 0 atom stereocenters. The molecule has 0 aromatic heterocycles. The van der Waals surface area contributed by atoms with Crippen molar-refractivity contribution < 1.29 is 26.7 Å². The van der Waals surface area contributed by atoms with Crippen LogP contribution in [0.2, 0.25) is 0 Å². The van der Waals surface area contributed by atoms with Crippen LogP contribution < -0.4 is 4.74 Å². The Bertz CT molecular complexity index is 1030. The van der Waals surface area contributed by atoms with Gasteiger partial charge in [-0.2, -0.15) is 0 Å². The Balaban J connectivity index is 1.63. The van der Waals surface area contributed by atoms with E-state index in [2.05, 4.69) is 0 Å². The summed E-state index contributed by atoms with van der Waals surface area (Å²) in [5.41, 5.74) is 0.813. The highest BCUT2D eigenvalue weighted by Crippen LogP contribution is 2.34. The SMILES string of the molecule is CC(C)CC(=O)CC1CCC(Oc2c(F)cc(-c3ccc(S(C)(=O)=O)cc3)cc2F)CC1. The van der Waals surface area contributed by atoms with Crippen LogP contribution in [0.25, 0.3) is 11.1 Å². The topological polar surface area (TPSA) is 60.4 Å². The zero-order valence-corrected chi connectivity index (χ0v) is 19.6. The van der Waals surface area contributed by atoms with E-state index >= 15 is 0 Å². The molecule has 2 aromatic rings. The van der Waals surface area contributed by atoms with Crippen LogP contribution in [-0.4, -0.2) is 26.6 Å². The summed E-state index contributed by atoms with van der Waals surface area (Å²) < 4.78 is 58.2. The largest absolute Gasteiger partial charge is 0.484 e. The monoisotopic (exact) mass is 464 g/mol. The normalized spacial score (nSPS) is 19.2. The predicted octanol–water partition coefficient (Wildman–Crippen LogP) is 5.98. The average Bonchev–Trinajstić information content (AvgIpc) is 2.70. The van der Waals surface area contributed by atoms with Gasteiger partial charge in [0, 0.05) is 19.1 Å². The Morgan fingerprint density at radius 3 is 2.06 bits per heavy atom. The Labute approximate surface area is 188 Å². The standard InChI is InChI=1S/C25H30F2O4S/c1-16(2)12-20(28)13-17-4-8-21(9-5-17)31-25-23(26)14-19(15-24(25)27)18-6-10-22(11-7-18)32(3,29)30/h6-7,10-11,14-17,21H,4-5,8-9,12-13H2,1-3H3. The molecule has 1 saturated carbocycles. The van der Waals surface area contributed by atoms with Crippen LogP contribution in [-0.2, 0) is 14.6 Å². The van der Waals surface area contributed by atoms with E-state index in [0.29, 0.717) is 48.6 Å². The van der Waals surface area contributed by atoms with Crippen LogP contribution in [0.1, 0.15) is 52.4 Å². The first-order valence-electron chi connectivity index (χ1n) is 11.0. The molecule has 0 saturated heterocycles. The number of ketones is 1. The fourth-order valence-electron chi connectivity index (χ4n) is 4.21. The fourth-order valence-corrected chi connectivity index (χ4v) is 4.85. The highest BCUT2D eigenvalue weighted by atomic mass is 32.2. The molecule has 1 aliphatic carbocycles. The van der Waals surface area contributed by atoms with Crippen LogP contribution in [0.5, 0.6) is 5.75 Å². The summed E-state index contributed by atoms with van der Waals surface area (Å²) in [6, 6.07) is 8.26. The third-order valence-electron chi connectivity index (χ3n) is 5.84.